The maximum absolute atomic E-state index is 12.6. The van der Waals surface area contributed by atoms with Gasteiger partial charge in [0.1, 0.15) is 5.75 Å². The molecule has 0 unspecified atom stereocenters. The first-order chi connectivity index (χ1) is 11.3. The van der Waals surface area contributed by atoms with Crippen LogP contribution in [0.4, 0.5) is 5.69 Å². The van der Waals surface area contributed by atoms with E-state index < -0.39 is 20.2 Å². The predicted molar refractivity (Wildman–Crippen MR) is 91.8 cm³/mol. The van der Waals surface area contributed by atoms with Crippen LogP contribution in [0.15, 0.2) is 23.1 Å². The normalized spacial score (nSPS) is 16.2. The number of anilines is 1. The van der Waals surface area contributed by atoms with Crippen molar-refractivity contribution in [1.82, 2.24) is 9.03 Å². The second kappa shape index (κ2) is 7.68. The van der Waals surface area contributed by atoms with Crippen molar-refractivity contribution < 1.29 is 21.6 Å². The van der Waals surface area contributed by atoms with Gasteiger partial charge in [-0.3, -0.25) is 4.72 Å². The molecule has 1 aliphatic heterocycles. The summed E-state index contributed by atoms with van der Waals surface area (Å²) in [6, 6.07) is 4.15. The van der Waals surface area contributed by atoms with E-state index in [1.807, 2.05) is 6.92 Å². The van der Waals surface area contributed by atoms with Crippen LogP contribution in [0.1, 0.15) is 26.2 Å². The molecule has 1 saturated heterocycles. The molecule has 2 rings (SSSR count). The van der Waals surface area contributed by atoms with Gasteiger partial charge in [0.05, 0.1) is 17.7 Å². The third-order valence-electron chi connectivity index (χ3n) is 3.66. The van der Waals surface area contributed by atoms with Gasteiger partial charge in [0.25, 0.3) is 10.2 Å². The SMILES string of the molecule is CCCNS(=O)(=O)Nc1cc(S(=O)(=O)N2CCCC2)ccc1OC. The molecule has 1 aliphatic rings. The van der Waals surface area contributed by atoms with Crippen molar-refractivity contribution in [1.29, 1.82) is 0 Å². The molecule has 0 radical (unpaired) electrons. The Balaban J connectivity index is 2.34. The second-order valence-electron chi connectivity index (χ2n) is 5.47. The van der Waals surface area contributed by atoms with Gasteiger partial charge < -0.3 is 4.74 Å². The van der Waals surface area contributed by atoms with Gasteiger partial charge in [0.2, 0.25) is 10.0 Å². The molecule has 0 atom stereocenters. The van der Waals surface area contributed by atoms with Crippen molar-refractivity contribution in [3.63, 3.8) is 0 Å². The molecule has 24 heavy (non-hydrogen) atoms. The number of nitrogens with one attached hydrogen (secondary N) is 2. The van der Waals surface area contributed by atoms with Gasteiger partial charge in [-0.05, 0) is 37.5 Å². The highest BCUT2D eigenvalue weighted by molar-refractivity contribution is 7.90. The zero-order valence-electron chi connectivity index (χ0n) is 13.8. The Morgan fingerprint density at radius 3 is 2.42 bits per heavy atom. The Labute approximate surface area is 143 Å². The number of nitrogens with zero attached hydrogens (tertiary/aromatic N) is 1. The molecular formula is C14H23N3O5S2. The molecule has 0 bridgehead atoms. The first kappa shape index (κ1) is 19.0. The van der Waals surface area contributed by atoms with Crippen LogP contribution >= 0.6 is 0 Å². The van der Waals surface area contributed by atoms with Crippen molar-refractivity contribution in [3.8, 4) is 5.75 Å². The zero-order valence-corrected chi connectivity index (χ0v) is 15.4. The van der Waals surface area contributed by atoms with E-state index in [-0.39, 0.29) is 22.9 Å². The number of ether oxygens (including phenoxy) is 1. The van der Waals surface area contributed by atoms with Crippen molar-refractivity contribution in [2.45, 2.75) is 31.1 Å². The fourth-order valence-corrected chi connectivity index (χ4v) is 4.96. The molecule has 136 valence electrons. The van der Waals surface area contributed by atoms with E-state index in [0.29, 0.717) is 19.5 Å². The van der Waals surface area contributed by atoms with E-state index in [4.69, 9.17) is 4.74 Å². The van der Waals surface area contributed by atoms with E-state index in [9.17, 15) is 16.8 Å². The Morgan fingerprint density at radius 1 is 1.17 bits per heavy atom. The van der Waals surface area contributed by atoms with Gasteiger partial charge in [0, 0.05) is 19.6 Å². The van der Waals surface area contributed by atoms with E-state index in [2.05, 4.69) is 9.44 Å². The van der Waals surface area contributed by atoms with Gasteiger partial charge in [-0.2, -0.15) is 17.4 Å². The highest BCUT2D eigenvalue weighted by Crippen LogP contribution is 2.30. The lowest BCUT2D eigenvalue weighted by Gasteiger charge is -2.18. The fraction of sp³-hybridized carbons (Fsp3) is 0.571. The molecule has 0 aromatic heterocycles. The summed E-state index contributed by atoms with van der Waals surface area (Å²) in [5.74, 6) is 0.247. The van der Waals surface area contributed by atoms with Crippen molar-refractivity contribution >= 4 is 25.9 Å². The lowest BCUT2D eigenvalue weighted by molar-refractivity contribution is 0.416. The monoisotopic (exact) mass is 377 g/mol. The second-order valence-corrected chi connectivity index (χ2v) is 8.91. The number of benzene rings is 1. The molecular weight excluding hydrogens is 354 g/mol. The van der Waals surface area contributed by atoms with Gasteiger partial charge in [-0.25, -0.2) is 8.42 Å². The topological polar surface area (TPSA) is 105 Å². The number of sulfonamides is 1. The molecule has 8 nitrogen and oxygen atoms in total. The first-order valence-electron chi connectivity index (χ1n) is 7.76. The van der Waals surface area contributed by atoms with Crippen molar-refractivity contribution in [3.05, 3.63) is 18.2 Å². The third kappa shape index (κ3) is 4.38. The summed E-state index contributed by atoms with van der Waals surface area (Å²) in [6.07, 6.45) is 2.30. The first-order valence-corrected chi connectivity index (χ1v) is 10.7. The highest BCUT2D eigenvalue weighted by atomic mass is 32.2. The van der Waals surface area contributed by atoms with E-state index >= 15 is 0 Å². The summed E-state index contributed by atoms with van der Waals surface area (Å²) in [5, 5.41) is 0. The third-order valence-corrected chi connectivity index (χ3v) is 6.63. The Kier molecular flexibility index (Phi) is 6.07. The van der Waals surface area contributed by atoms with Gasteiger partial charge in [0.15, 0.2) is 0 Å². The standard InChI is InChI=1S/C14H23N3O5S2/c1-3-8-15-24(20,21)16-13-11-12(6-7-14(13)22-2)23(18,19)17-9-4-5-10-17/h6-7,11,15-16H,3-5,8-10H2,1-2H3. The van der Waals surface area contributed by atoms with Crippen LogP contribution in [0.25, 0.3) is 0 Å². The Bertz CT molecular complexity index is 772. The number of hydrogen-bond donors (Lipinski definition) is 2. The fourth-order valence-electron chi connectivity index (χ4n) is 2.42. The van der Waals surface area contributed by atoms with Crippen LogP contribution < -0.4 is 14.2 Å². The van der Waals surface area contributed by atoms with Crippen LogP contribution in [0.2, 0.25) is 0 Å². The minimum atomic E-state index is -3.80. The van der Waals surface area contributed by atoms with Gasteiger partial charge in [-0.15, -0.1) is 0 Å². The molecule has 1 heterocycles. The van der Waals surface area contributed by atoms with E-state index in [0.717, 1.165) is 12.8 Å². The summed E-state index contributed by atoms with van der Waals surface area (Å²) in [4.78, 5) is 0.0402. The highest BCUT2D eigenvalue weighted by Gasteiger charge is 2.28. The Morgan fingerprint density at radius 2 is 1.83 bits per heavy atom. The Hall–Kier alpha value is -1.36. The lowest BCUT2D eigenvalue weighted by atomic mass is 10.3. The quantitative estimate of drug-likeness (QED) is 0.707. The van der Waals surface area contributed by atoms with Gasteiger partial charge >= 0.3 is 0 Å². The molecule has 2 N–H and O–H groups in total. The molecule has 0 aliphatic carbocycles. The summed E-state index contributed by atoms with van der Waals surface area (Å²) in [5.41, 5.74) is 0.0846. The zero-order chi connectivity index (χ0) is 17.8. The summed E-state index contributed by atoms with van der Waals surface area (Å²) >= 11 is 0. The predicted octanol–water partition coefficient (Wildman–Crippen LogP) is 1.14. The van der Waals surface area contributed by atoms with Crippen LogP contribution in [0.5, 0.6) is 5.75 Å². The average molecular weight is 377 g/mol. The van der Waals surface area contributed by atoms with Crippen LogP contribution in [0.3, 0.4) is 0 Å². The summed E-state index contributed by atoms with van der Waals surface area (Å²) in [6.45, 7) is 3.08. The number of rotatable bonds is 8. The largest absolute Gasteiger partial charge is 0.495 e. The van der Waals surface area contributed by atoms with Crippen LogP contribution in [-0.4, -0.2) is 47.9 Å². The number of hydrogen-bond acceptors (Lipinski definition) is 5. The minimum absolute atomic E-state index is 0.0402. The smallest absolute Gasteiger partial charge is 0.299 e. The molecule has 1 aromatic carbocycles. The molecule has 1 aromatic rings. The molecule has 1 fully saturated rings. The summed E-state index contributed by atoms with van der Waals surface area (Å²) in [7, 11) is -6.05. The minimum Gasteiger partial charge on any atom is -0.495 e. The van der Waals surface area contributed by atoms with Crippen LogP contribution in [0, 0.1) is 0 Å². The van der Waals surface area contributed by atoms with Crippen molar-refractivity contribution in [2.24, 2.45) is 0 Å². The van der Waals surface area contributed by atoms with E-state index in [1.54, 1.807) is 0 Å². The molecule has 0 spiro atoms. The molecule has 0 saturated carbocycles. The maximum Gasteiger partial charge on any atom is 0.299 e. The summed E-state index contributed by atoms with van der Waals surface area (Å²) < 4.78 is 60.5. The molecule has 10 heteroatoms. The number of methoxy groups -OCH3 is 1. The lowest BCUT2D eigenvalue weighted by Crippen LogP contribution is -2.31. The van der Waals surface area contributed by atoms with Crippen LogP contribution in [-0.2, 0) is 20.2 Å². The maximum atomic E-state index is 12.6. The van der Waals surface area contributed by atoms with Crippen molar-refractivity contribution in [2.75, 3.05) is 31.5 Å². The van der Waals surface area contributed by atoms with Gasteiger partial charge in [-0.1, -0.05) is 6.92 Å². The molecule has 0 amide bonds. The average Bonchev–Trinajstić information content (AvgIpc) is 3.08. The van der Waals surface area contributed by atoms with E-state index in [1.165, 1.54) is 29.6 Å².